The Labute approximate surface area is 163 Å². The van der Waals surface area contributed by atoms with Crippen LogP contribution in [-0.4, -0.2) is 16.3 Å². The second kappa shape index (κ2) is 7.27. The van der Waals surface area contributed by atoms with Crippen molar-refractivity contribution in [3.8, 4) is 22.8 Å². The summed E-state index contributed by atoms with van der Waals surface area (Å²) < 4.78 is 60.3. The highest BCUT2D eigenvalue weighted by molar-refractivity contribution is 5.69. The van der Waals surface area contributed by atoms with Crippen LogP contribution in [0, 0.1) is 12.7 Å². The summed E-state index contributed by atoms with van der Waals surface area (Å²) in [5, 5.41) is 0. The SMILES string of the molecule is Cc1[nH]c(-c2ccc(C3=CC(OC(F)(F)F)=CCC3)o2)nc1-c1ccc(F)cc1. The van der Waals surface area contributed by atoms with Crippen LogP contribution in [0.2, 0.25) is 0 Å². The molecule has 0 atom stereocenters. The lowest BCUT2D eigenvalue weighted by Gasteiger charge is -2.14. The van der Waals surface area contributed by atoms with Crippen molar-refractivity contribution < 1.29 is 26.7 Å². The van der Waals surface area contributed by atoms with E-state index in [0.717, 1.165) is 11.3 Å². The number of nitrogens with one attached hydrogen (secondary N) is 1. The third-order valence-corrected chi connectivity index (χ3v) is 4.47. The lowest BCUT2D eigenvalue weighted by molar-refractivity contribution is -0.303. The van der Waals surface area contributed by atoms with Crippen molar-refractivity contribution in [3.63, 3.8) is 0 Å². The Morgan fingerprint density at radius 1 is 1.07 bits per heavy atom. The summed E-state index contributed by atoms with van der Waals surface area (Å²) in [4.78, 5) is 7.65. The van der Waals surface area contributed by atoms with E-state index >= 15 is 0 Å². The normalized spacial score (nSPS) is 14.5. The summed E-state index contributed by atoms with van der Waals surface area (Å²) in [6.07, 6.45) is -1.05. The first kappa shape index (κ1) is 19.0. The third kappa shape index (κ3) is 4.26. The summed E-state index contributed by atoms with van der Waals surface area (Å²) in [5.74, 6) is 0.802. The Kier molecular flexibility index (Phi) is 4.77. The van der Waals surface area contributed by atoms with Gasteiger partial charge in [0.25, 0.3) is 0 Å². The molecule has 8 heteroatoms. The molecule has 4 nitrogen and oxygen atoms in total. The Hall–Kier alpha value is -3.29. The Bertz CT molecular complexity index is 1090. The smallest absolute Gasteiger partial charge is 0.453 e. The number of hydrogen-bond acceptors (Lipinski definition) is 3. The first-order chi connectivity index (χ1) is 13.8. The van der Waals surface area contributed by atoms with E-state index < -0.39 is 6.36 Å². The molecule has 0 unspecified atom stereocenters. The first-order valence-corrected chi connectivity index (χ1v) is 8.88. The van der Waals surface area contributed by atoms with Crippen molar-refractivity contribution in [1.82, 2.24) is 9.97 Å². The summed E-state index contributed by atoms with van der Waals surface area (Å²) in [5.41, 5.74) is 2.82. The van der Waals surface area contributed by atoms with E-state index in [1.165, 1.54) is 24.3 Å². The number of alkyl halides is 3. The molecule has 1 aromatic carbocycles. The third-order valence-electron chi connectivity index (χ3n) is 4.47. The number of imidazole rings is 1. The molecule has 0 aliphatic heterocycles. The Morgan fingerprint density at radius 2 is 1.79 bits per heavy atom. The highest BCUT2D eigenvalue weighted by Gasteiger charge is 2.32. The number of nitrogens with zero attached hydrogens (tertiary/aromatic N) is 1. The Balaban J connectivity index is 1.59. The van der Waals surface area contributed by atoms with Gasteiger partial charge in [0.2, 0.25) is 0 Å². The monoisotopic (exact) mass is 404 g/mol. The van der Waals surface area contributed by atoms with Gasteiger partial charge in [0.1, 0.15) is 17.3 Å². The number of furan rings is 1. The molecule has 1 N–H and O–H groups in total. The number of aryl methyl sites for hydroxylation is 1. The summed E-state index contributed by atoms with van der Waals surface area (Å²) >= 11 is 0. The number of H-pyrrole nitrogens is 1. The van der Waals surface area contributed by atoms with Crippen LogP contribution in [0.25, 0.3) is 28.4 Å². The van der Waals surface area contributed by atoms with Crippen molar-refractivity contribution in [2.75, 3.05) is 0 Å². The predicted octanol–water partition coefficient (Wildman–Crippen LogP) is 6.38. The summed E-state index contributed by atoms with van der Waals surface area (Å²) in [6, 6.07) is 9.38. The molecule has 2 aromatic heterocycles. The highest BCUT2D eigenvalue weighted by atomic mass is 19.4. The standard InChI is InChI=1S/C21H16F4N2O2/c1-12-19(13-5-7-15(22)8-6-13)27-20(26-12)18-10-9-17(28-18)14-3-2-4-16(11-14)29-21(23,24)25/h4-11H,2-3H2,1H3,(H,26,27). The lowest BCUT2D eigenvalue weighted by Crippen LogP contribution is -2.13. The number of allylic oxidation sites excluding steroid dienone is 3. The molecule has 0 saturated heterocycles. The van der Waals surface area contributed by atoms with Crippen LogP contribution < -0.4 is 0 Å². The van der Waals surface area contributed by atoms with E-state index in [1.807, 2.05) is 6.92 Å². The number of halogens is 4. The second-order valence-electron chi connectivity index (χ2n) is 6.59. The van der Waals surface area contributed by atoms with Gasteiger partial charge >= 0.3 is 6.36 Å². The molecule has 3 aromatic rings. The molecule has 1 aliphatic rings. The van der Waals surface area contributed by atoms with E-state index in [-0.39, 0.29) is 11.6 Å². The minimum absolute atomic E-state index is 0.246. The first-order valence-electron chi connectivity index (χ1n) is 8.88. The zero-order valence-corrected chi connectivity index (χ0v) is 15.3. The van der Waals surface area contributed by atoms with Crippen molar-refractivity contribution in [1.29, 1.82) is 0 Å². The minimum atomic E-state index is -4.73. The number of benzene rings is 1. The van der Waals surface area contributed by atoms with Gasteiger partial charge in [-0.2, -0.15) is 0 Å². The molecule has 0 radical (unpaired) electrons. The molecule has 2 heterocycles. The van der Waals surface area contributed by atoms with Gasteiger partial charge in [-0.1, -0.05) is 0 Å². The van der Waals surface area contributed by atoms with Gasteiger partial charge in [-0.15, -0.1) is 13.2 Å². The summed E-state index contributed by atoms with van der Waals surface area (Å²) in [6.45, 7) is 1.84. The fourth-order valence-electron chi connectivity index (χ4n) is 3.18. The largest absolute Gasteiger partial charge is 0.573 e. The van der Waals surface area contributed by atoms with Crippen LogP contribution in [0.15, 0.2) is 58.7 Å². The maximum atomic E-state index is 13.1. The molecule has 4 rings (SSSR count). The van der Waals surface area contributed by atoms with Crippen LogP contribution in [0.5, 0.6) is 0 Å². The van der Waals surface area contributed by atoms with Crippen LogP contribution in [0.3, 0.4) is 0 Å². The fraction of sp³-hybridized carbons (Fsp3) is 0.190. The minimum Gasteiger partial charge on any atom is -0.453 e. The molecule has 0 amide bonds. The molecular weight excluding hydrogens is 388 g/mol. The highest BCUT2D eigenvalue weighted by Crippen LogP contribution is 2.33. The number of rotatable bonds is 4. The number of aromatic amines is 1. The molecular formula is C21H16F4N2O2. The van der Waals surface area contributed by atoms with E-state index in [0.29, 0.717) is 41.5 Å². The van der Waals surface area contributed by atoms with Crippen molar-refractivity contribution in [2.45, 2.75) is 26.1 Å². The second-order valence-corrected chi connectivity index (χ2v) is 6.59. The molecule has 29 heavy (non-hydrogen) atoms. The van der Waals surface area contributed by atoms with Gasteiger partial charge in [-0.05, 0) is 73.9 Å². The van der Waals surface area contributed by atoms with Gasteiger partial charge in [-0.25, -0.2) is 9.37 Å². The van der Waals surface area contributed by atoms with Crippen LogP contribution in [-0.2, 0) is 4.74 Å². The van der Waals surface area contributed by atoms with E-state index in [9.17, 15) is 17.6 Å². The van der Waals surface area contributed by atoms with Gasteiger partial charge < -0.3 is 14.1 Å². The number of ether oxygens (including phenoxy) is 1. The Morgan fingerprint density at radius 3 is 2.52 bits per heavy atom. The van der Waals surface area contributed by atoms with E-state index in [1.54, 1.807) is 24.3 Å². The quantitative estimate of drug-likeness (QED) is 0.513. The predicted molar refractivity (Wildman–Crippen MR) is 98.9 cm³/mol. The maximum absolute atomic E-state index is 13.1. The fourth-order valence-corrected chi connectivity index (χ4v) is 3.18. The zero-order chi connectivity index (χ0) is 20.6. The zero-order valence-electron chi connectivity index (χ0n) is 15.3. The lowest BCUT2D eigenvalue weighted by atomic mass is 10.0. The van der Waals surface area contributed by atoms with Crippen molar-refractivity contribution in [3.05, 3.63) is 71.6 Å². The van der Waals surface area contributed by atoms with Gasteiger partial charge in [0, 0.05) is 11.3 Å². The number of hydrogen-bond donors (Lipinski definition) is 1. The van der Waals surface area contributed by atoms with Crippen molar-refractivity contribution >= 4 is 5.57 Å². The maximum Gasteiger partial charge on any atom is 0.573 e. The molecule has 0 bridgehead atoms. The van der Waals surface area contributed by atoms with E-state index in [4.69, 9.17) is 4.42 Å². The average molecular weight is 404 g/mol. The van der Waals surface area contributed by atoms with Crippen LogP contribution >= 0.6 is 0 Å². The number of aromatic nitrogens is 2. The summed E-state index contributed by atoms with van der Waals surface area (Å²) in [7, 11) is 0. The molecule has 0 saturated carbocycles. The molecule has 1 aliphatic carbocycles. The van der Waals surface area contributed by atoms with E-state index in [2.05, 4.69) is 14.7 Å². The van der Waals surface area contributed by atoms with Crippen LogP contribution in [0.4, 0.5) is 17.6 Å². The molecule has 0 spiro atoms. The van der Waals surface area contributed by atoms with Gasteiger partial charge in [0.15, 0.2) is 11.6 Å². The van der Waals surface area contributed by atoms with Gasteiger partial charge in [0.05, 0.1) is 5.69 Å². The van der Waals surface area contributed by atoms with Gasteiger partial charge in [-0.3, -0.25) is 0 Å². The molecule has 150 valence electrons. The van der Waals surface area contributed by atoms with Crippen molar-refractivity contribution in [2.24, 2.45) is 0 Å². The topological polar surface area (TPSA) is 51.0 Å². The average Bonchev–Trinajstić information content (AvgIpc) is 3.28. The van der Waals surface area contributed by atoms with Crippen LogP contribution in [0.1, 0.15) is 24.3 Å². The molecule has 0 fully saturated rings.